The molecular weight excluding hydrogens is 340 g/mol. The van der Waals surface area contributed by atoms with Crippen LogP contribution in [0.4, 0.5) is 0 Å². The average Bonchev–Trinajstić information content (AvgIpc) is 2.78. The van der Waals surface area contributed by atoms with Gasteiger partial charge in [-0.25, -0.2) is 4.79 Å². The topological polar surface area (TPSA) is 146 Å². The maximum absolute atomic E-state index is 11.3. The number of carbonyl (C=O) groups is 4. The summed E-state index contributed by atoms with van der Waals surface area (Å²) < 4.78 is 21.1. The third kappa shape index (κ3) is 6.40. The molecule has 1 aliphatic heterocycles. The molecule has 25 heavy (non-hydrogen) atoms. The van der Waals surface area contributed by atoms with Crippen LogP contribution in [0.3, 0.4) is 0 Å². The van der Waals surface area contributed by atoms with Gasteiger partial charge in [0.25, 0.3) is 0 Å². The minimum atomic E-state index is -1.69. The highest BCUT2D eigenvalue weighted by Gasteiger charge is 2.50. The van der Waals surface area contributed by atoms with Gasteiger partial charge in [-0.1, -0.05) is 0 Å². The van der Waals surface area contributed by atoms with Crippen molar-refractivity contribution >= 4 is 23.7 Å². The lowest BCUT2D eigenvalue weighted by Gasteiger charge is -2.27. The molecule has 142 valence electrons. The molecule has 10 nitrogen and oxygen atoms in total. The number of aliphatic hydroxyl groups excluding tert-OH is 1. The molecule has 0 radical (unpaired) electrons. The van der Waals surface area contributed by atoms with Gasteiger partial charge in [0.15, 0.2) is 11.9 Å². The number of aliphatic carboxylic acids is 1. The number of carbonyl (C=O) groups excluding carboxylic acids is 3. The molecule has 0 aromatic rings. The van der Waals surface area contributed by atoms with Crippen molar-refractivity contribution < 1.29 is 48.3 Å². The molecule has 0 amide bonds. The van der Waals surface area contributed by atoms with Crippen molar-refractivity contribution in [3.63, 3.8) is 0 Å². The number of Topliss-reactive ketones (excluding diaryl/α,β-unsaturated/α-hetero) is 1. The lowest BCUT2D eigenvalue weighted by atomic mass is 9.99. The fourth-order valence-corrected chi connectivity index (χ4v) is 2.40. The average molecular weight is 362 g/mol. The van der Waals surface area contributed by atoms with E-state index in [4.69, 9.17) is 24.1 Å². The monoisotopic (exact) mass is 362 g/mol. The van der Waals surface area contributed by atoms with Crippen LogP contribution < -0.4 is 0 Å². The molecule has 4 atom stereocenters. The van der Waals surface area contributed by atoms with Crippen LogP contribution in [0.5, 0.6) is 0 Å². The number of hydrogen-bond acceptors (Lipinski definition) is 9. The maximum atomic E-state index is 11.3. The van der Waals surface area contributed by atoms with E-state index in [-0.39, 0.29) is 6.61 Å². The normalized spacial score (nSPS) is 24.2. The lowest BCUT2D eigenvalue weighted by molar-refractivity contribution is -0.178. The highest BCUT2D eigenvalue weighted by atomic mass is 16.8. The molecular formula is C15H22O10. The molecule has 2 N–H and O–H groups in total. The maximum Gasteiger partial charge on any atom is 0.372 e. The van der Waals surface area contributed by atoms with Crippen LogP contribution in [0.2, 0.25) is 0 Å². The quantitative estimate of drug-likeness (QED) is 0.424. The first-order valence-electron chi connectivity index (χ1n) is 7.53. The summed E-state index contributed by atoms with van der Waals surface area (Å²) in [7, 11) is 0. The van der Waals surface area contributed by atoms with Crippen LogP contribution >= 0.6 is 0 Å². The minimum absolute atomic E-state index is 0.352. The SMILES string of the molecule is CC(=O)OC[C@@H](OC(C)=O)[C@H]1OC(C)(C)O[C@@H]1[C@@H](O)CC(=O)C(=O)O. The third-order valence-electron chi connectivity index (χ3n) is 3.31. The number of aliphatic hydroxyl groups is 1. The Balaban J connectivity index is 2.98. The van der Waals surface area contributed by atoms with Crippen LogP contribution in [0.15, 0.2) is 0 Å². The number of carboxylic acid groups (broad SMARTS) is 1. The molecule has 1 fully saturated rings. The summed E-state index contributed by atoms with van der Waals surface area (Å²) in [4.78, 5) is 44.3. The summed E-state index contributed by atoms with van der Waals surface area (Å²) in [5.41, 5.74) is 0. The Kier molecular flexibility index (Phi) is 7.03. The first-order chi connectivity index (χ1) is 11.4. The first kappa shape index (κ1) is 21.0. The predicted octanol–water partition coefficient (Wildman–Crippen LogP) is -0.594. The third-order valence-corrected chi connectivity index (χ3v) is 3.31. The minimum Gasteiger partial charge on any atom is -0.475 e. The first-order valence-corrected chi connectivity index (χ1v) is 7.53. The van der Waals surface area contributed by atoms with Gasteiger partial charge in [0.1, 0.15) is 18.8 Å². The Morgan fingerprint density at radius 3 is 2.12 bits per heavy atom. The van der Waals surface area contributed by atoms with E-state index in [1.807, 2.05) is 0 Å². The summed E-state index contributed by atoms with van der Waals surface area (Å²) in [5.74, 6) is -5.39. The van der Waals surface area contributed by atoms with E-state index in [9.17, 15) is 24.3 Å². The number of carboxylic acids is 1. The van der Waals surface area contributed by atoms with E-state index in [0.29, 0.717) is 0 Å². The number of ketones is 1. The molecule has 0 aliphatic carbocycles. The Bertz CT molecular complexity index is 540. The highest BCUT2D eigenvalue weighted by Crippen LogP contribution is 2.33. The summed E-state index contributed by atoms with van der Waals surface area (Å²) in [6.07, 6.45) is -5.59. The predicted molar refractivity (Wildman–Crippen MR) is 79.3 cm³/mol. The molecule has 0 spiro atoms. The molecule has 10 heteroatoms. The zero-order chi connectivity index (χ0) is 19.4. The molecule has 1 rings (SSSR count). The molecule has 0 aromatic heterocycles. The van der Waals surface area contributed by atoms with Gasteiger partial charge in [0, 0.05) is 20.3 Å². The van der Waals surface area contributed by atoms with Crippen molar-refractivity contribution in [3.8, 4) is 0 Å². The summed E-state index contributed by atoms with van der Waals surface area (Å²) in [6.45, 7) is 5.01. The van der Waals surface area contributed by atoms with Crippen LogP contribution in [0.25, 0.3) is 0 Å². The van der Waals surface area contributed by atoms with E-state index in [2.05, 4.69) is 0 Å². The number of hydrogen-bond donors (Lipinski definition) is 2. The van der Waals surface area contributed by atoms with Crippen LogP contribution in [0, 0.1) is 0 Å². The Hall–Kier alpha value is -2.04. The molecule has 1 heterocycles. The fourth-order valence-electron chi connectivity index (χ4n) is 2.40. The Morgan fingerprint density at radius 2 is 1.64 bits per heavy atom. The zero-order valence-corrected chi connectivity index (χ0v) is 14.4. The van der Waals surface area contributed by atoms with Crippen LogP contribution in [-0.2, 0) is 38.1 Å². The van der Waals surface area contributed by atoms with Gasteiger partial charge in [0.2, 0.25) is 5.78 Å². The summed E-state index contributed by atoms with van der Waals surface area (Å²) in [5, 5.41) is 18.9. The molecule has 1 aliphatic rings. The van der Waals surface area contributed by atoms with Crippen molar-refractivity contribution in [2.45, 2.75) is 64.3 Å². The van der Waals surface area contributed by atoms with E-state index in [0.717, 1.165) is 6.92 Å². The second kappa shape index (κ2) is 8.37. The Morgan fingerprint density at radius 1 is 1.08 bits per heavy atom. The summed E-state index contributed by atoms with van der Waals surface area (Å²) in [6, 6.07) is 0. The van der Waals surface area contributed by atoms with E-state index < -0.39 is 60.3 Å². The molecule has 0 bridgehead atoms. The number of rotatable bonds is 8. The van der Waals surface area contributed by atoms with Crippen molar-refractivity contribution in [1.29, 1.82) is 0 Å². The standard InChI is InChI=1S/C15H22O10/c1-7(16)22-6-11(23-8(2)17)13-12(24-15(3,4)25-13)9(18)5-10(19)14(20)21/h9,11-13,18H,5-6H2,1-4H3,(H,20,21)/t9-,11+,12+,13+/m0/s1. The second-order valence-corrected chi connectivity index (χ2v) is 6.02. The molecule has 0 unspecified atom stereocenters. The molecule has 0 saturated carbocycles. The van der Waals surface area contributed by atoms with E-state index in [1.54, 1.807) is 0 Å². The Labute approximate surface area is 144 Å². The number of ether oxygens (including phenoxy) is 4. The van der Waals surface area contributed by atoms with E-state index in [1.165, 1.54) is 20.8 Å². The largest absolute Gasteiger partial charge is 0.475 e. The number of esters is 2. The van der Waals surface area contributed by atoms with Crippen LogP contribution in [0.1, 0.15) is 34.1 Å². The van der Waals surface area contributed by atoms with Crippen molar-refractivity contribution in [3.05, 3.63) is 0 Å². The van der Waals surface area contributed by atoms with Crippen molar-refractivity contribution in [2.75, 3.05) is 6.61 Å². The van der Waals surface area contributed by atoms with E-state index >= 15 is 0 Å². The highest BCUT2D eigenvalue weighted by molar-refractivity contribution is 6.32. The van der Waals surface area contributed by atoms with Gasteiger partial charge in [-0.05, 0) is 13.8 Å². The molecule has 1 saturated heterocycles. The zero-order valence-electron chi connectivity index (χ0n) is 14.4. The van der Waals surface area contributed by atoms with Gasteiger partial charge < -0.3 is 29.2 Å². The molecule has 0 aromatic carbocycles. The van der Waals surface area contributed by atoms with Crippen molar-refractivity contribution in [1.82, 2.24) is 0 Å². The smallest absolute Gasteiger partial charge is 0.372 e. The lowest BCUT2D eigenvalue weighted by Crippen LogP contribution is -2.47. The van der Waals surface area contributed by atoms with Gasteiger partial charge in [-0.2, -0.15) is 0 Å². The van der Waals surface area contributed by atoms with Crippen LogP contribution in [-0.4, -0.2) is 70.7 Å². The van der Waals surface area contributed by atoms with Crippen molar-refractivity contribution in [2.24, 2.45) is 0 Å². The fraction of sp³-hybridized carbons (Fsp3) is 0.733. The summed E-state index contributed by atoms with van der Waals surface area (Å²) >= 11 is 0. The second-order valence-electron chi connectivity index (χ2n) is 6.02. The van der Waals surface area contributed by atoms with Gasteiger partial charge in [-0.15, -0.1) is 0 Å². The van der Waals surface area contributed by atoms with Gasteiger partial charge >= 0.3 is 17.9 Å². The van der Waals surface area contributed by atoms with Gasteiger partial charge in [-0.3, -0.25) is 14.4 Å². The van der Waals surface area contributed by atoms with Gasteiger partial charge in [0.05, 0.1) is 6.10 Å².